The van der Waals surface area contributed by atoms with Crippen LogP contribution in [0.1, 0.15) is 65.2 Å². The summed E-state index contributed by atoms with van der Waals surface area (Å²) < 4.78 is 0. The second kappa shape index (κ2) is 6.15. The summed E-state index contributed by atoms with van der Waals surface area (Å²) in [5.74, 6) is -0.215. The van der Waals surface area contributed by atoms with Crippen molar-refractivity contribution in [2.75, 3.05) is 6.54 Å². The van der Waals surface area contributed by atoms with Crippen LogP contribution in [-0.2, 0) is 9.59 Å². The first-order chi connectivity index (χ1) is 9.42. The summed E-state index contributed by atoms with van der Waals surface area (Å²) in [5.41, 5.74) is -0.962. The molecule has 0 radical (unpaired) electrons. The van der Waals surface area contributed by atoms with E-state index < -0.39 is 11.4 Å². The number of amides is 1. The van der Waals surface area contributed by atoms with E-state index in [1.807, 2.05) is 4.90 Å². The van der Waals surface area contributed by atoms with Crippen LogP contribution in [0, 0.1) is 11.3 Å². The molecule has 1 saturated heterocycles. The topological polar surface area (TPSA) is 57.6 Å². The van der Waals surface area contributed by atoms with E-state index in [-0.39, 0.29) is 12.3 Å². The summed E-state index contributed by atoms with van der Waals surface area (Å²) in [7, 11) is 0. The Morgan fingerprint density at radius 2 is 1.75 bits per heavy atom. The van der Waals surface area contributed by atoms with Crippen LogP contribution in [0.15, 0.2) is 0 Å². The summed E-state index contributed by atoms with van der Waals surface area (Å²) >= 11 is 0. The van der Waals surface area contributed by atoms with Gasteiger partial charge in [0.15, 0.2) is 0 Å². The van der Waals surface area contributed by atoms with Gasteiger partial charge in [-0.15, -0.1) is 0 Å². The third-order valence-corrected chi connectivity index (χ3v) is 4.99. The number of nitrogens with zero attached hydrogens (tertiary/aromatic N) is 1. The number of hydrogen-bond donors (Lipinski definition) is 1. The monoisotopic (exact) mass is 281 g/mol. The Bertz CT molecular complexity index is 372. The average molecular weight is 281 g/mol. The van der Waals surface area contributed by atoms with Crippen LogP contribution in [0.3, 0.4) is 0 Å². The first kappa shape index (κ1) is 15.3. The van der Waals surface area contributed by atoms with Crippen molar-refractivity contribution in [3.05, 3.63) is 0 Å². The number of rotatable bonds is 4. The minimum atomic E-state index is -0.962. The van der Waals surface area contributed by atoms with Gasteiger partial charge in [0.2, 0.25) is 5.91 Å². The number of carbonyl (C=O) groups excluding carboxylic acids is 1. The number of carbonyl (C=O) groups is 2. The first-order valence-electron chi connectivity index (χ1n) is 7.95. The van der Waals surface area contributed by atoms with Crippen molar-refractivity contribution in [2.24, 2.45) is 11.3 Å². The number of likely N-dealkylation sites (tertiary alicyclic amines) is 1. The highest BCUT2D eigenvalue weighted by atomic mass is 16.4. The number of hydrogen-bond acceptors (Lipinski definition) is 2. The molecule has 1 amide bonds. The highest BCUT2D eigenvalue weighted by molar-refractivity contribution is 5.84. The van der Waals surface area contributed by atoms with Crippen LogP contribution in [0.25, 0.3) is 0 Å². The third kappa shape index (κ3) is 3.33. The Balaban J connectivity index is 1.99. The molecule has 0 spiro atoms. The molecule has 1 saturated carbocycles. The standard InChI is InChI=1S/C16H27NO3/c1-16(2,15(19)20)11-14(18)17-10-6-9-13(17)12-7-4-3-5-8-12/h12-13H,3-11H2,1-2H3,(H,19,20). The van der Waals surface area contributed by atoms with E-state index in [2.05, 4.69) is 0 Å². The van der Waals surface area contributed by atoms with Gasteiger partial charge in [-0.05, 0) is 45.4 Å². The van der Waals surface area contributed by atoms with Crippen molar-refractivity contribution >= 4 is 11.9 Å². The van der Waals surface area contributed by atoms with E-state index in [0.717, 1.165) is 19.4 Å². The summed E-state index contributed by atoms with van der Waals surface area (Å²) in [4.78, 5) is 25.7. The van der Waals surface area contributed by atoms with Gasteiger partial charge in [0.1, 0.15) is 0 Å². The molecular weight excluding hydrogens is 254 g/mol. The third-order valence-electron chi connectivity index (χ3n) is 4.99. The van der Waals surface area contributed by atoms with Gasteiger partial charge in [-0.25, -0.2) is 0 Å². The lowest BCUT2D eigenvalue weighted by Gasteiger charge is -2.35. The maximum Gasteiger partial charge on any atom is 0.309 e. The van der Waals surface area contributed by atoms with E-state index in [4.69, 9.17) is 0 Å². The molecule has 1 heterocycles. The fraction of sp³-hybridized carbons (Fsp3) is 0.875. The Morgan fingerprint density at radius 3 is 2.35 bits per heavy atom. The maximum absolute atomic E-state index is 12.5. The predicted molar refractivity (Wildman–Crippen MR) is 77.3 cm³/mol. The Labute approximate surface area is 121 Å². The Morgan fingerprint density at radius 1 is 1.10 bits per heavy atom. The quantitative estimate of drug-likeness (QED) is 0.861. The lowest BCUT2D eigenvalue weighted by molar-refractivity contribution is -0.152. The van der Waals surface area contributed by atoms with Gasteiger partial charge < -0.3 is 10.0 Å². The molecule has 0 aromatic rings. The molecule has 1 aliphatic heterocycles. The fourth-order valence-electron chi connectivity index (χ4n) is 3.67. The van der Waals surface area contributed by atoms with Crippen LogP contribution in [0.5, 0.6) is 0 Å². The molecule has 1 atom stereocenters. The molecule has 2 aliphatic rings. The van der Waals surface area contributed by atoms with Gasteiger partial charge in [-0.1, -0.05) is 19.3 Å². The van der Waals surface area contributed by atoms with E-state index in [1.54, 1.807) is 13.8 Å². The first-order valence-corrected chi connectivity index (χ1v) is 7.95. The molecule has 0 bridgehead atoms. The van der Waals surface area contributed by atoms with Crippen molar-refractivity contribution in [1.82, 2.24) is 4.90 Å². The second-order valence-corrected chi connectivity index (χ2v) is 7.06. The van der Waals surface area contributed by atoms with Gasteiger partial charge in [0, 0.05) is 19.0 Å². The predicted octanol–water partition coefficient (Wildman–Crippen LogP) is 3.06. The summed E-state index contributed by atoms with van der Waals surface area (Å²) in [6.45, 7) is 4.09. The van der Waals surface area contributed by atoms with E-state index >= 15 is 0 Å². The van der Waals surface area contributed by atoms with Crippen LogP contribution < -0.4 is 0 Å². The van der Waals surface area contributed by atoms with E-state index in [1.165, 1.54) is 32.1 Å². The molecule has 2 rings (SSSR count). The van der Waals surface area contributed by atoms with E-state index in [0.29, 0.717) is 12.0 Å². The SMILES string of the molecule is CC(C)(CC(=O)N1CCCC1C1CCCCC1)C(=O)O. The second-order valence-electron chi connectivity index (χ2n) is 7.06. The van der Waals surface area contributed by atoms with Crippen molar-refractivity contribution < 1.29 is 14.7 Å². The van der Waals surface area contributed by atoms with Crippen LogP contribution in [0.2, 0.25) is 0 Å². The summed E-state index contributed by atoms with van der Waals surface area (Å²) in [6.07, 6.45) is 8.64. The van der Waals surface area contributed by atoms with Gasteiger partial charge in [0.25, 0.3) is 0 Å². The minimum absolute atomic E-state index is 0.0328. The average Bonchev–Trinajstić information content (AvgIpc) is 2.88. The molecule has 4 nitrogen and oxygen atoms in total. The summed E-state index contributed by atoms with van der Waals surface area (Å²) in [6, 6.07) is 0.368. The fourth-order valence-corrected chi connectivity index (χ4v) is 3.67. The van der Waals surface area contributed by atoms with Gasteiger partial charge >= 0.3 is 5.97 Å². The van der Waals surface area contributed by atoms with E-state index in [9.17, 15) is 14.7 Å². The minimum Gasteiger partial charge on any atom is -0.481 e. The van der Waals surface area contributed by atoms with Crippen molar-refractivity contribution in [2.45, 2.75) is 71.3 Å². The van der Waals surface area contributed by atoms with Gasteiger partial charge in [0.05, 0.1) is 5.41 Å². The van der Waals surface area contributed by atoms with Crippen LogP contribution >= 0.6 is 0 Å². The normalized spacial score (nSPS) is 24.9. The zero-order valence-electron chi connectivity index (χ0n) is 12.7. The summed E-state index contributed by atoms with van der Waals surface area (Å²) in [5, 5.41) is 9.18. The van der Waals surface area contributed by atoms with Gasteiger partial charge in [-0.2, -0.15) is 0 Å². The zero-order chi connectivity index (χ0) is 14.8. The van der Waals surface area contributed by atoms with Crippen LogP contribution in [0.4, 0.5) is 0 Å². The van der Waals surface area contributed by atoms with Gasteiger partial charge in [-0.3, -0.25) is 9.59 Å². The maximum atomic E-state index is 12.5. The highest BCUT2D eigenvalue weighted by Crippen LogP contribution is 2.35. The largest absolute Gasteiger partial charge is 0.481 e. The van der Waals surface area contributed by atoms with Crippen molar-refractivity contribution in [1.29, 1.82) is 0 Å². The highest BCUT2D eigenvalue weighted by Gasteiger charge is 2.38. The molecule has 0 aromatic heterocycles. The van der Waals surface area contributed by atoms with Crippen LogP contribution in [-0.4, -0.2) is 34.5 Å². The smallest absolute Gasteiger partial charge is 0.309 e. The molecule has 20 heavy (non-hydrogen) atoms. The number of carboxylic acids is 1. The molecular formula is C16H27NO3. The molecule has 2 fully saturated rings. The molecule has 1 aliphatic carbocycles. The number of carboxylic acid groups (broad SMARTS) is 1. The zero-order valence-corrected chi connectivity index (χ0v) is 12.7. The molecule has 4 heteroatoms. The molecule has 1 unspecified atom stereocenters. The number of aliphatic carboxylic acids is 1. The lowest BCUT2D eigenvalue weighted by Crippen LogP contribution is -2.43. The molecule has 0 aromatic carbocycles. The molecule has 114 valence electrons. The molecule has 1 N–H and O–H groups in total. The van der Waals surface area contributed by atoms with Crippen molar-refractivity contribution in [3.8, 4) is 0 Å². The Hall–Kier alpha value is -1.06. The van der Waals surface area contributed by atoms with Crippen molar-refractivity contribution in [3.63, 3.8) is 0 Å². The Kier molecular flexibility index (Phi) is 4.71. The lowest BCUT2D eigenvalue weighted by atomic mass is 9.82.